The first-order chi connectivity index (χ1) is 25.0. The molecule has 0 saturated heterocycles. The number of hydrogen-bond acceptors (Lipinski definition) is 4. The van der Waals surface area contributed by atoms with Crippen molar-refractivity contribution in [3.8, 4) is 68.2 Å². The normalized spacial score (nSPS) is 10.2. The van der Waals surface area contributed by atoms with Gasteiger partial charge in [0.1, 0.15) is 0 Å². The lowest BCUT2D eigenvalue weighted by molar-refractivity contribution is 0.0686. The van der Waals surface area contributed by atoms with Gasteiger partial charge in [-0.15, -0.1) is 0 Å². The van der Waals surface area contributed by atoms with Crippen LogP contribution in [0.2, 0.25) is 0 Å². The Morgan fingerprint density at radius 2 is 0.519 bits per heavy atom. The van der Waals surface area contributed by atoms with Crippen molar-refractivity contribution in [3.05, 3.63) is 167 Å². The minimum absolute atomic E-state index is 0.154. The Morgan fingerprint density at radius 3 is 0.712 bits per heavy atom. The van der Waals surface area contributed by atoms with Crippen LogP contribution in [-0.4, -0.2) is 44.3 Å². The maximum atomic E-state index is 11.4. The molecule has 4 N–H and O–H groups in total. The molecule has 6 aromatic rings. The maximum Gasteiger partial charge on any atom is 0.335 e. The average Bonchev–Trinajstić information content (AvgIpc) is 3.16. The van der Waals surface area contributed by atoms with E-state index in [1.165, 1.54) is 48.5 Å². The quantitative estimate of drug-likeness (QED) is 0.117. The highest BCUT2D eigenvalue weighted by Crippen LogP contribution is 2.30. The molecule has 0 spiro atoms. The van der Waals surface area contributed by atoms with E-state index in [-0.39, 0.29) is 22.3 Å². The van der Waals surface area contributed by atoms with E-state index in [9.17, 15) is 39.6 Å². The van der Waals surface area contributed by atoms with Gasteiger partial charge in [0.15, 0.2) is 0 Å². The second-order valence-corrected chi connectivity index (χ2v) is 11.6. The summed E-state index contributed by atoms with van der Waals surface area (Å²) in [4.78, 5) is 45.6. The van der Waals surface area contributed by atoms with Gasteiger partial charge in [-0.05, 0) is 141 Å². The van der Waals surface area contributed by atoms with Crippen LogP contribution >= 0.6 is 0 Å². The third-order valence-corrected chi connectivity index (χ3v) is 8.20. The lowest BCUT2D eigenvalue weighted by Crippen LogP contribution is -1.95. The van der Waals surface area contributed by atoms with Gasteiger partial charge in [0.25, 0.3) is 0 Å². The summed E-state index contributed by atoms with van der Waals surface area (Å²) in [5, 5.41) is 37.4. The molecule has 250 valence electrons. The van der Waals surface area contributed by atoms with Crippen molar-refractivity contribution >= 4 is 23.9 Å². The Labute approximate surface area is 297 Å². The van der Waals surface area contributed by atoms with Gasteiger partial charge in [-0.1, -0.05) is 60.4 Å². The zero-order valence-electron chi connectivity index (χ0n) is 27.1. The molecule has 0 fully saturated rings. The highest BCUT2D eigenvalue weighted by Gasteiger charge is 2.11. The molecule has 0 radical (unpaired) electrons. The van der Waals surface area contributed by atoms with E-state index in [2.05, 4.69) is 23.7 Å². The zero-order valence-corrected chi connectivity index (χ0v) is 27.1. The summed E-state index contributed by atoms with van der Waals surface area (Å²) >= 11 is 0. The van der Waals surface area contributed by atoms with Crippen LogP contribution < -0.4 is 0 Å². The van der Waals surface area contributed by atoms with Gasteiger partial charge in [0.05, 0.1) is 22.3 Å². The molecular formula is C44H26O8. The van der Waals surface area contributed by atoms with Crippen LogP contribution in [0.4, 0.5) is 0 Å². The highest BCUT2D eigenvalue weighted by atomic mass is 16.4. The molecule has 0 amide bonds. The summed E-state index contributed by atoms with van der Waals surface area (Å²) in [6.07, 6.45) is 0. The molecular weight excluding hydrogens is 656 g/mol. The number of rotatable bonds is 8. The van der Waals surface area contributed by atoms with E-state index in [0.717, 1.165) is 44.5 Å². The molecule has 0 aliphatic rings. The van der Waals surface area contributed by atoms with E-state index in [0.29, 0.717) is 11.1 Å². The van der Waals surface area contributed by atoms with E-state index < -0.39 is 23.9 Å². The van der Waals surface area contributed by atoms with Crippen LogP contribution in [0.5, 0.6) is 0 Å². The summed E-state index contributed by atoms with van der Waals surface area (Å²) in [5.41, 5.74) is 8.01. The SMILES string of the molecule is O=C(O)c1ccc(-c2cc(C#CC#Cc3cc(-c4ccc(C(=O)O)cc4)cc(-c4ccc(C(=O)O)cc4)c3)cc(-c3ccc(C(=O)O)cc3)c2)cc1. The molecule has 0 aliphatic heterocycles. The molecule has 52 heavy (non-hydrogen) atoms. The van der Waals surface area contributed by atoms with Gasteiger partial charge in [-0.2, -0.15) is 0 Å². The van der Waals surface area contributed by atoms with Crippen molar-refractivity contribution in [1.82, 2.24) is 0 Å². The van der Waals surface area contributed by atoms with Crippen molar-refractivity contribution in [1.29, 1.82) is 0 Å². The minimum atomic E-state index is -1.03. The van der Waals surface area contributed by atoms with Crippen LogP contribution in [0.25, 0.3) is 44.5 Å². The summed E-state index contributed by atoms with van der Waals surface area (Å²) in [7, 11) is 0. The summed E-state index contributed by atoms with van der Waals surface area (Å²) in [6, 6.07) is 37.1. The molecule has 0 aromatic heterocycles. The lowest BCUT2D eigenvalue weighted by atomic mass is 9.95. The fourth-order valence-electron chi connectivity index (χ4n) is 5.49. The molecule has 0 aliphatic carbocycles. The first-order valence-corrected chi connectivity index (χ1v) is 15.7. The van der Waals surface area contributed by atoms with Crippen LogP contribution in [0.1, 0.15) is 52.6 Å². The molecule has 0 bridgehead atoms. The van der Waals surface area contributed by atoms with Gasteiger partial charge >= 0.3 is 23.9 Å². The van der Waals surface area contributed by atoms with Gasteiger partial charge in [-0.25, -0.2) is 19.2 Å². The number of benzene rings is 6. The van der Waals surface area contributed by atoms with Crippen LogP contribution in [0, 0.1) is 23.7 Å². The molecule has 8 heteroatoms. The first kappa shape index (κ1) is 34.2. The van der Waals surface area contributed by atoms with Crippen LogP contribution in [0.15, 0.2) is 133 Å². The smallest absolute Gasteiger partial charge is 0.335 e. The maximum absolute atomic E-state index is 11.4. The number of hydrogen-bond donors (Lipinski definition) is 4. The summed E-state index contributed by atoms with van der Waals surface area (Å²) in [5.74, 6) is 7.89. The molecule has 8 nitrogen and oxygen atoms in total. The van der Waals surface area contributed by atoms with Crippen molar-refractivity contribution < 1.29 is 39.6 Å². The predicted octanol–water partition coefficient (Wildman–Crippen LogP) is 8.55. The second-order valence-electron chi connectivity index (χ2n) is 11.6. The Bertz CT molecular complexity index is 2160. The fraction of sp³-hybridized carbons (Fsp3) is 0. The molecule has 6 rings (SSSR count). The van der Waals surface area contributed by atoms with E-state index in [1.807, 2.05) is 36.4 Å². The summed E-state index contributed by atoms with van der Waals surface area (Å²) < 4.78 is 0. The number of carbonyl (C=O) groups is 4. The second kappa shape index (κ2) is 14.8. The molecule has 0 saturated carbocycles. The van der Waals surface area contributed by atoms with Gasteiger partial charge in [0, 0.05) is 11.1 Å². The average molecular weight is 683 g/mol. The Balaban J connectivity index is 1.39. The van der Waals surface area contributed by atoms with Gasteiger partial charge in [0.2, 0.25) is 0 Å². The van der Waals surface area contributed by atoms with Gasteiger partial charge in [-0.3, -0.25) is 0 Å². The minimum Gasteiger partial charge on any atom is -0.478 e. The van der Waals surface area contributed by atoms with Crippen LogP contribution in [-0.2, 0) is 0 Å². The lowest BCUT2D eigenvalue weighted by Gasteiger charge is -2.09. The molecule has 6 aromatic carbocycles. The van der Waals surface area contributed by atoms with E-state index in [1.54, 1.807) is 48.5 Å². The Kier molecular flexibility index (Phi) is 9.75. The van der Waals surface area contributed by atoms with E-state index in [4.69, 9.17) is 0 Å². The third kappa shape index (κ3) is 7.95. The van der Waals surface area contributed by atoms with Crippen LogP contribution in [0.3, 0.4) is 0 Å². The third-order valence-electron chi connectivity index (χ3n) is 8.20. The fourth-order valence-corrected chi connectivity index (χ4v) is 5.49. The molecule has 0 atom stereocenters. The predicted molar refractivity (Wildman–Crippen MR) is 196 cm³/mol. The Morgan fingerprint density at radius 1 is 0.308 bits per heavy atom. The molecule has 0 heterocycles. The molecule has 0 unspecified atom stereocenters. The number of aromatic carboxylic acids is 4. The summed E-state index contributed by atoms with van der Waals surface area (Å²) in [6.45, 7) is 0. The van der Waals surface area contributed by atoms with Gasteiger partial charge < -0.3 is 20.4 Å². The van der Waals surface area contributed by atoms with E-state index >= 15 is 0 Å². The van der Waals surface area contributed by atoms with Crippen molar-refractivity contribution in [2.45, 2.75) is 0 Å². The Hall–Kier alpha value is -7.68. The van der Waals surface area contributed by atoms with Crippen molar-refractivity contribution in [3.63, 3.8) is 0 Å². The zero-order chi connectivity index (χ0) is 36.8. The number of carboxylic acid groups (broad SMARTS) is 4. The van der Waals surface area contributed by atoms with Crippen molar-refractivity contribution in [2.24, 2.45) is 0 Å². The largest absolute Gasteiger partial charge is 0.478 e. The topological polar surface area (TPSA) is 149 Å². The monoisotopic (exact) mass is 682 g/mol. The standard InChI is InChI=1S/C44H26O8/c45-41(46)33-13-5-29(6-14-33)37-21-27(22-38(25-37)30-7-15-34(16-8-30)42(47)48)3-1-2-4-28-23-39(31-9-17-35(18-10-31)43(49)50)26-40(24-28)32-11-19-36(20-12-32)44(51)52/h5-26H,(H,45,46)(H,47,48)(H,49,50)(H,51,52). The highest BCUT2D eigenvalue weighted by molar-refractivity contribution is 5.91. The number of carboxylic acids is 4. The first-order valence-electron chi connectivity index (χ1n) is 15.7. The van der Waals surface area contributed by atoms with Crippen molar-refractivity contribution in [2.75, 3.05) is 0 Å².